The molecule has 3 N–H and O–H groups in total. The molecule has 1 atom stereocenters. The minimum Gasteiger partial charge on any atom is -0.459 e. The normalized spacial score (nSPS) is 12.9. The number of hydrogen-bond donors (Lipinski definition) is 2. The Morgan fingerprint density at radius 1 is 1.42 bits per heavy atom. The highest BCUT2D eigenvalue weighted by molar-refractivity contribution is 5.77. The number of fused-ring (bicyclic) bond motifs is 1. The maximum atomic E-state index is 5.83. The van der Waals surface area contributed by atoms with E-state index < -0.39 is 0 Å². The molecule has 0 fully saturated rings. The van der Waals surface area contributed by atoms with Crippen LogP contribution in [0, 0.1) is 0 Å². The smallest absolute Gasteiger partial charge is 0.134 e. The summed E-state index contributed by atoms with van der Waals surface area (Å²) >= 11 is 0. The predicted molar refractivity (Wildman–Crippen MR) is 73.2 cm³/mol. The quantitative estimate of drug-likeness (QED) is 0.552. The van der Waals surface area contributed by atoms with Crippen molar-refractivity contribution in [1.29, 1.82) is 0 Å². The van der Waals surface area contributed by atoms with Crippen molar-refractivity contribution in [3.8, 4) is 0 Å². The highest BCUT2D eigenvalue weighted by atomic mass is 16.3. The summed E-state index contributed by atoms with van der Waals surface area (Å²) in [6.07, 6.45) is 4.38. The molecular weight excluding hydrogens is 240 g/mol. The Morgan fingerprint density at radius 2 is 2.26 bits per heavy atom. The van der Waals surface area contributed by atoms with E-state index in [2.05, 4.69) is 10.4 Å². The van der Waals surface area contributed by atoms with Gasteiger partial charge in [-0.15, -0.1) is 0 Å². The molecule has 0 saturated carbocycles. The number of imidazole rings is 1. The Kier molecular flexibility index (Phi) is 3.06. The van der Waals surface area contributed by atoms with E-state index in [9.17, 15) is 0 Å². The summed E-state index contributed by atoms with van der Waals surface area (Å²) in [4.78, 5) is 4.31. The Labute approximate surface area is 111 Å². The van der Waals surface area contributed by atoms with Crippen LogP contribution in [-0.4, -0.2) is 9.55 Å². The largest absolute Gasteiger partial charge is 0.459 e. The van der Waals surface area contributed by atoms with E-state index in [4.69, 9.17) is 10.3 Å². The van der Waals surface area contributed by atoms with Crippen molar-refractivity contribution >= 4 is 11.0 Å². The molecule has 0 aliphatic rings. The van der Waals surface area contributed by atoms with E-state index in [0.717, 1.165) is 22.6 Å². The Morgan fingerprint density at radius 3 is 2.95 bits per heavy atom. The third kappa shape index (κ3) is 2.25. The van der Waals surface area contributed by atoms with Gasteiger partial charge in [-0.1, -0.05) is 18.2 Å². The van der Waals surface area contributed by atoms with Gasteiger partial charge in [-0.3, -0.25) is 5.84 Å². The topological polar surface area (TPSA) is 69.0 Å². The van der Waals surface area contributed by atoms with Crippen LogP contribution in [0.4, 0.5) is 0 Å². The number of aryl methyl sites for hydroxylation is 1. The van der Waals surface area contributed by atoms with Gasteiger partial charge in [0, 0.05) is 31.2 Å². The number of nitrogens with one attached hydrogen (secondary N) is 1. The summed E-state index contributed by atoms with van der Waals surface area (Å²) in [7, 11) is 1.97. The van der Waals surface area contributed by atoms with Crippen LogP contribution in [0.15, 0.2) is 47.1 Å². The molecule has 0 aliphatic carbocycles. The Balaban J connectivity index is 1.91. The van der Waals surface area contributed by atoms with Crippen molar-refractivity contribution in [3.05, 3.63) is 54.3 Å². The molecule has 0 bridgehead atoms. The molecule has 2 heterocycles. The lowest BCUT2D eigenvalue weighted by Gasteiger charge is -2.12. The molecule has 2 aromatic heterocycles. The molecule has 3 rings (SSSR count). The number of para-hydroxylation sites is 1. The van der Waals surface area contributed by atoms with Crippen molar-refractivity contribution in [2.45, 2.75) is 12.5 Å². The molecule has 1 unspecified atom stereocenters. The van der Waals surface area contributed by atoms with Gasteiger partial charge in [-0.2, -0.15) is 0 Å². The van der Waals surface area contributed by atoms with Gasteiger partial charge in [0.2, 0.25) is 0 Å². The summed E-state index contributed by atoms with van der Waals surface area (Å²) in [5, 5.41) is 1.08. The van der Waals surface area contributed by atoms with Gasteiger partial charge in [0.15, 0.2) is 0 Å². The highest BCUT2D eigenvalue weighted by Crippen LogP contribution is 2.25. The fraction of sp³-hybridized carbons (Fsp3) is 0.214. The van der Waals surface area contributed by atoms with Crippen LogP contribution >= 0.6 is 0 Å². The van der Waals surface area contributed by atoms with Gasteiger partial charge < -0.3 is 8.98 Å². The summed E-state index contributed by atoms with van der Waals surface area (Å²) in [6.45, 7) is 0. The second-order valence-corrected chi connectivity index (χ2v) is 4.56. The van der Waals surface area contributed by atoms with E-state index in [-0.39, 0.29) is 6.04 Å². The average Bonchev–Trinajstić information content (AvgIpc) is 3.02. The molecule has 19 heavy (non-hydrogen) atoms. The number of hydrazine groups is 1. The number of nitrogens with two attached hydrogens (primary N) is 1. The van der Waals surface area contributed by atoms with Crippen LogP contribution in [0.3, 0.4) is 0 Å². The van der Waals surface area contributed by atoms with E-state index in [1.807, 2.05) is 48.1 Å². The summed E-state index contributed by atoms with van der Waals surface area (Å²) in [5.41, 5.74) is 3.67. The Hall–Kier alpha value is -2.11. The average molecular weight is 256 g/mol. The van der Waals surface area contributed by atoms with E-state index >= 15 is 0 Å². The molecule has 3 aromatic rings. The van der Waals surface area contributed by atoms with Crippen LogP contribution in [0.2, 0.25) is 0 Å². The lowest BCUT2D eigenvalue weighted by molar-refractivity contribution is 0.426. The zero-order valence-electron chi connectivity index (χ0n) is 10.7. The SMILES string of the molecule is Cn1ccnc1CC(NN)c1cc2ccccc2o1. The van der Waals surface area contributed by atoms with E-state index in [1.165, 1.54) is 0 Å². The third-order valence-electron chi connectivity index (χ3n) is 3.30. The van der Waals surface area contributed by atoms with Gasteiger partial charge >= 0.3 is 0 Å². The van der Waals surface area contributed by atoms with E-state index in [0.29, 0.717) is 6.42 Å². The molecule has 0 spiro atoms. The lowest BCUT2D eigenvalue weighted by atomic mass is 10.1. The summed E-state index contributed by atoms with van der Waals surface area (Å²) in [6, 6.07) is 9.85. The molecule has 5 heteroatoms. The van der Waals surface area contributed by atoms with Crippen LogP contribution in [0.25, 0.3) is 11.0 Å². The van der Waals surface area contributed by atoms with Gasteiger partial charge in [0.25, 0.3) is 0 Å². The number of furan rings is 1. The predicted octanol–water partition coefficient (Wildman–Crippen LogP) is 1.91. The molecular formula is C14H16N4O. The second-order valence-electron chi connectivity index (χ2n) is 4.56. The maximum absolute atomic E-state index is 5.83. The highest BCUT2D eigenvalue weighted by Gasteiger charge is 2.17. The maximum Gasteiger partial charge on any atom is 0.134 e. The molecule has 0 saturated heterocycles. The van der Waals surface area contributed by atoms with E-state index in [1.54, 1.807) is 6.20 Å². The Bertz CT molecular complexity index is 652. The zero-order chi connectivity index (χ0) is 13.2. The molecule has 98 valence electrons. The van der Waals surface area contributed by atoms with Gasteiger partial charge in [0.1, 0.15) is 17.2 Å². The first kappa shape index (κ1) is 12.0. The number of rotatable bonds is 4. The van der Waals surface area contributed by atoms with Gasteiger partial charge in [-0.05, 0) is 12.1 Å². The van der Waals surface area contributed by atoms with Crippen molar-refractivity contribution in [2.24, 2.45) is 12.9 Å². The van der Waals surface area contributed by atoms with Gasteiger partial charge in [0.05, 0.1) is 6.04 Å². The number of benzene rings is 1. The number of nitrogens with zero attached hydrogens (tertiary/aromatic N) is 2. The van der Waals surface area contributed by atoms with Crippen molar-refractivity contribution in [3.63, 3.8) is 0 Å². The van der Waals surface area contributed by atoms with Crippen LogP contribution < -0.4 is 11.3 Å². The van der Waals surface area contributed by atoms with Crippen molar-refractivity contribution < 1.29 is 4.42 Å². The summed E-state index contributed by atoms with van der Waals surface area (Å²) in [5.74, 6) is 7.43. The fourth-order valence-electron chi connectivity index (χ4n) is 2.19. The minimum absolute atomic E-state index is 0.0894. The first-order valence-corrected chi connectivity index (χ1v) is 6.18. The first-order valence-electron chi connectivity index (χ1n) is 6.18. The van der Waals surface area contributed by atoms with Crippen LogP contribution in [0.1, 0.15) is 17.6 Å². The van der Waals surface area contributed by atoms with Crippen molar-refractivity contribution in [2.75, 3.05) is 0 Å². The lowest BCUT2D eigenvalue weighted by Crippen LogP contribution is -2.30. The van der Waals surface area contributed by atoms with Crippen LogP contribution in [0.5, 0.6) is 0 Å². The number of aromatic nitrogens is 2. The minimum atomic E-state index is -0.0894. The molecule has 0 amide bonds. The second kappa shape index (κ2) is 4.87. The monoisotopic (exact) mass is 256 g/mol. The first-order chi connectivity index (χ1) is 9.28. The number of hydrogen-bond acceptors (Lipinski definition) is 4. The zero-order valence-corrected chi connectivity index (χ0v) is 10.7. The van der Waals surface area contributed by atoms with Crippen LogP contribution in [-0.2, 0) is 13.5 Å². The molecule has 0 radical (unpaired) electrons. The molecule has 5 nitrogen and oxygen atoms in total. The summed E-state index contributed by atoms with van der Waals surface area (Å²) < 4.78 is 7.81. The molecule has 0 aliphatic heterocycles. The standard InChI is InChI=1S/C14H16N4O/c1-18-7-6-16-14(18)9-11(17-15)13-8-10-4-2-3-5-12(10)19-13/h2-8,11,17H,9,15H2,1H3. The fourth-order valence-corrected chi connectivity index (χ4v) is 2.19. The molecule has 1 aromatic carbocycles. The third-order valence-corrected chi connectivity index (χ3v) is 3.30. The van der Waals surface area contributed by atoms with Gasteiger partial charge in [-0.25, -0.2) is 10.4 Å². The van der Waals surface area contributed by atoms with Crippen molar-refractivity contribution in [1.82, 2.24) is 15.0 Å².